The summed E-state index contributed by atoms with van der Waals surface area (Å²) < 4.78 is 1.08. The number of pyridine rings is 1. The van der Waals surface area contributed by atoms with E-state index in [0.29, 0.717) is 6.54 Å². The molecule has 3 nitrogen and oxygen atoms in total. The van der Waals surface area contributed by atoms with Crippen molar-refractivity contribution in [2.45, 2.75) is 25.6 Å². The number of halogens is 1. The van der Waals surface area contributed by atoms with Crippen LogP contribution in [0.2, 0.25) is 0 Å². The van der Waals surface area contributed by atoms with E-state index in [0.717, 1.165) is 16.6 Å². The van der Waals surface area contributed by atoms with E-state index in [1.807, 2.05) is 30.3 Å². The van der Waals surface area contributed by atoms with Crippen LogP contribution in [0.25, 0.3) is 0 Å². The summed E-state index contributed by atoms with van der Waals surface area (Å²) in [5.41, 5.74) is 7.89. The molecule has 0 amide bonds. The van der Waals surface area contributed by atoms with Crippen LogP contribution in [0.3, 0.4) is 0 Å². The molecular weight excluding hydrogens is 302 g/mol. The molecule has 0 saturated carbocycles. The number of hydrogen-bond donors (Lipinski definition) is 2. The van der Waals surface area contributed by atoms with Gasteiger partial charge in [-0.15, -0.1) is 0 Å². The molecule has 4 heteroatoms. The summed E-state index contributed by atoms with van der Waals surface area (Å²) in [5, 5.41) is 3.40. The summed E-state index contributed by atoms with van der Waals surface area (Å²) in [6, 6.07) is 14.0. The smallest absolute Gasteiger partial charge is 0.110 e. The molecule has 2 rings (SSSR count). The SMILES string of the molecule is CCC(N)(NCc1ccc(Br)cc1)c1ccccn1. The number of aromatic nitrogens is 1. The number of nitrogens with one attached hydrogen (secondary N) is 1. The van der Waals surface area contributed by atoms with Gasteiger partial charge in [-0.1, -0.05) is 41.1 Å². The van der Waals surface area contributed by atoms with Crippen LogP contribution in [0, 0.1) is 0 Å². The molecule has 0 spiro atoms. The molecule has 19 heavy (non-hydrogen) atoms. The summed E-state index contributed by atoms with van der Waals surface area (Å²) in [7, 11) is 0. The summed E-state index contributed by atoms with van der Waals surface area (Å²) in [6.45, 7) is 2.78. The molecule has 1 aromatic heterocycles. The molecule has 0 saturated heterocycles. The van der Waals surface area contributed by atoms with Gasteiger partial charge in [0, 0.05) is 17.2 Å². The van der Waals surface area contributed by atoms with Crippen molar-refractivity contribution in [2.75, 3.05) is 0 Å². The number of hydrogen-bond acceptors (Lipinski definition) is 3. The van der Waals surface area contributed by atoms with Gasteiger partial charge in [0.15, 0.2) is 0 Å². The summed E-state index contributed by atoms with van der Waals surface area (Å²) in [5.74, 6) is 0. The lowest BCUT2D eigenvalue weighted by Crippen LogP contribution is -2.50. The third-order valence-electron chi connectivity index (χ3n) is 3.20. The van der Waals surface area contributed by atoms with Crippen molar-refractivity contribution in [3.8, 4) is 0 Å². The molecule has 1 heterocycles. The van der Waals surface area contributed by atoms with Crippen molar-refractivity contribution >= 4 is 15.9 Å². The minimum absolute atomic E-state index is 0.589. The average Bonchev–Trinajstić information content (AvgIpc) is 2.47. The molecule has 0 aliphatic heterocycles. The largest absolute Gasteiger partial charge is 0.308 e. The molecule has 0 bridgehead atoms. The Hall–Kier alpha value is -1.23. The van der Waals surface area contributed by atoms with Gasteiger partial charge in [0.2, 0.25) is 0 Å². The minimum Gasteiger partial charge on any atom is -0.308 e. The first kappa shape index (κ1) is 14.2. The second-order valence-electron chi connectivity index (χ2n) is 4.52. The Bertz CT molecular complexity index is 513. The second kappa shape index (κ2) is 6.28. The Morgan fingerprint density at radius 3 is 2.53 bits per heavy atom. The van der Waals surface area contributed by atoms with Crippen LogP contribution in [0.15, 0.2) is 53.1 Å². The van der Waals surface area contributed by atoms with E-state index in [1.165, 1.54) is 5.56 Å². The zero-order valence-electron chi connectivity index (χ0n) is 10.9. The maximum absolute atomic E-state index is 6.41. The topological polar surface area (TPSA) is 50.9 Å². The molecular formula is C15H18BrN3. The number of nitrogens with zero attached hydrogens (tertiary/aromatic N) is 1. The second-order valence-corrected chi connectivity index (χ2v) is 5.44. The van der Waals surface area contributed by atoms with E-state index in [9.17, 15) is 0 Å². The normalized spacial score (nSPS) is 14.1. The van der Waals surface area contributed by atoms with Gasteiger partial charge in [-0.2, -0.15) is 0 Å². The van der Waals surface area contributed by atoms with Crippen molar-refractivity contribution in [3.63, 3.8) is 0 Å². The third-order valence-corrected chi connectivity index (χ3v) is 3.73. The fraction of sp³-hybridized carbons (Fsp3) is 0.267. The lowest BCUT2D eigenvalue weighted by Gasteiger charge is -2.29. The summed E-state index contributed by atoms with van der Waals surface area (Å²) in [6.07, 6.45) is 2.55. The van der Waals surface area contributed by atoms with Crippen LogP contribution in [0.4, 0.5) is 0 Å². The maximum Gasteiger partial charge on any atom is 0.110 e. The van der Waals surface area contributed by atoms with E-state index in [1.54, 1.807) is 6.20 Å². The fourth-order valence-corrected chi connectivity index (χ4v) is 2.15. The van der Waals surface area contributed by atoms with Crippen molar-refractivity contribution in [2.24, 2.45) is 5.73 Å². The standard InChI is InChI=1S/C15H18BrN3/c1-2-15(17,14-5-3-4-10-18-14)19-11-12-6-8-13(16)9-7-12/h3-10,19H,2,11,17H2,1H3. The molecule has 0 radical (unpaired) electrons. The van der Waals surface area contributed by atoms with E-state index in [-0.39, 0.29) is 0 Å². The third kappa shape index (κ3) is 3.62. The predicted molar refractivity (Wildman–Crippen MR) is 81.4 cm³/mol. The fourth-order valence-electron chi connectivity index (χ4n) is 1.89. The zero-order valence-corrected chi connectivity index (χ0v) is 12.5. The Morgan fingerprint density at radius 2 is 1.95 bits per heavy atom. The van der Waals surface area contributed by atoms with Gasteiger partial charge in [-0.25, -0.2) is 0 Å². The number of benzene rings is 1. The molecule has 0 aliphatic carbocycles. The average molecular weight is 320 g/mol. The van der Waals surface area contributed by atoms with Gasteiger partial charge in [0.05, 0.1) is 5.69 Å². The van der Waals surface area contributed by atoms with Crippen LogP contribution in [-0.2, 0) is 12.2 Å². The highest BCUT2D eigenvalue weighted by atomic mass is 79.9. The Morgan fingerprint density at radius 1 is 1.21 bits per heavy atom. The van der Waals surface area contributed by atoms with Crippen molar-refractivity contribution in [3.05, 3.63) is 64.4 Å². The van der Waals surface area contributed by atoms with Crippen LogP contribution in [0.1, 0.15) is 24.6 Å². The summed E-state index contributed by atoms with van der Waals surface area (Å²) in [4.78, 5) is 4.35. The van der Waals surface area contributed by atoms with Crippen molar-refractivity contribution < 1.29 is 0 Å². The van der Waals surface area contributed by atoms with Gasteiger partial charge >= 0.3 is 0 Å². The summed E-state index contributed by atoms with van der Waals surface area (Å²) >= 11 is 3.43. The Labute approximate surface area is 122 Å². The first-order valence-corrected chi connectivity index (χ1v) is 7.13. The highest BCUT2D eigenvalue weighted by Gasteiger charge is 2.25. The van der Waals surface area contributed by atoms with E-state index < -0.39 is 5.66 Å². The monoisotopic (exact) mass is 319 g/mol. The van der Waals surface area contributed by atoms with Gasteiger partial charge in [-0.05, 0) is 36.2 Å². The van der Waals surface area contributed by atoms with E-state index >= 15 is 0 Å². The number of rotatable bonds is 5. The predicted octanol–water partition coefficient (Wildman–Crippen LogP) is 3.16. The van der Waals surface area contributed by atoms with Crippen LogP contribution in [0.5, 0.6) is 0 Å². The highest BCUT2D eigenvalue weighted by Crippen LogP contribution is 2.18. The van der Waals surface area contributed by atoms with Crippen LogP contribution in [-0.4, -0.2) is 4.98 Å². The van der Waals surface area contributed by atoms with Crippen LogP contribution < -0.4 is 11.1 Å². The maximum atomic E-state index is 6.41. The zero-order chi connectivity index (χ0) is 13.7. The van der Waals surface area contributed by atoms with E-state index in [2.05, 4.69) is 45.3 Å². The molecule has 100 valence electrons. The Kier molecular flexibility index (Phi) is 4.69. The van der Waals surface area contributed by atoms with E-state index in [4.69, 9.17) is 5.73 Å². The highest BCUT2D eigenvalue weighted by molar-refractivity contribution is 9.10. The van der Waals surface area contributed by atoms with Gasteiger partial charge in [0.25, 0.3) is 0 Å². The lowest BCUT2D eigenvalue weighted by molar-refractivity contribution is 0.320. The minimum atomic E-state index is -0.589. The van der Waals surface area contributed by atoms with Crippen molar-refractivity contribution in [1.29, 1.82) is 0 Å². The molecule has 2 aromatic rings. The quantitative estimate of drug-likeness (QED) is 0.832. The molecule has 1 unspecified atom stereocenters. The molecule has 1 aromatic carbocycles. The van der Waals surface area contributed by atoms with Crippen LogP contribution >= 0.6 is 15.9 Å². The first-order chi connectivity index (χ1) is 9.14. The molecule has 1 atom stereocenters. The first-order valence-electron chi connectivity index (χ1n) is 6.34. The van der Waals surface area contributed by atoms with Crippen molar-refractivity contribution in [1.82, 2.24) is 10.3 Å². The van der Waals surface area contributed by atoms with Gasteiger partial charge in [-0.3, -0.25) is 10.3 Å². The number of nitrogens with two attached hydrogens (primary N) is 1. The van der Waals surface area contributed by atoms with Gasteiger partial charge in [0.1, 0.15) is 5.66 Å². The molecule has 0 fully saturated rings. The molecule has 3 N–H and O–H groups in total. The van der Waals surface area contributed by atoms with Gasteiger partial charge < -0.3 is 5.73 Å². The molecule has 0 aliphatic rings. The lowest BCUT2D eigenvalue weighted by atomic mass is 10.0. The Balaban J connectivity index is 2.09.